The highest BCUT2D eigenvalue weighted by Crippen LogP contribution is 2.36. The van der Waals surface area contributed by atoms with Crippen LogP contribution >= 0.6 is 11.3 Å². The summed E-state index contributed by atoms with van der Waals surface area (Å²) in [6.45, 7) is 8.21. The van der Waals surface area contributed by atoms with E-state index in [9.17, 15) is 5.11 Å². The summed E-state index contributed by atoms with van der Waals surface area (Å²) in [6.07, 6.45) is 6.01. The van der Waals surface area contributed by atoms with Gasteiger partial charge in [0.1, 0.15) is 12.2 Å². The van der Waals surface area contributed by atoms with Gasteiger partial charge >= 0.3 is 0 Å². The Morgan fingerprint density at radius 3 is 2.74 bits per heavy atom. The lowest BCUT2D eigenvalue weighted by molar-refractivity contribution is 0.0726. The molecule has 2 aromatic heterocycles. The Morgan fingerprint density at radius 1 is 1.23 bits per heavy atom. The fraction of sp³-hybridized carbons (Fsp3) is 0.429. The van der Waals surface area contributed by atoms with E-state index < -0.39 is 5.60 Å². The summed E-state index contributed by atoms with van der Waals surface area (Å²) in [5.41, 5.74) is 7.84. The van der Waals surface area contributed by atoms with Crippen LogP contribution in [0.15, 0.2) is 42.7 Å². The van der Waals surface area contributed by atoms with E-state index >= 15 is 0 Å². The first-order chi connectivity index (χ1) is 16.7. The fourth-order valence-corrected chi connectivity index (χ4v) is 4.88. The number of pyridine rings is 1. The van der Waals surface area contributed by atoms with E-state index in [0.29, 0.717) is 24.1 Å². The number of thiazole rings is 1. The van der Waals surface area contributed by atoms with E-state index in [2.05, 4.69) is 28.8 Å². The molecule has 1 unspecified atom stereocenters. The van der Waals surface area contributed by atoms with Crippen molar-refractivity contribution >= 4 is 17.2 Å². The molecule has 1 saturated heterocycles. The van der Waals surface area contributed by atoms with Gasteiger partial charge in [-0.3, -0.25) is 0 Å². The number of rotatable bonds is 6. The first kappa shape index (κ1) is 25.2. The van der Waals surface area contributed by atoms with Crippen LogP contribution in [0.3, 0.4) is 0 Å². The Hall–Kier alpha value is -2.92. The summed E-state index contributed by atoms with van der Waals surface area (Å²) in [6, 6.07) is 9.75. The van der Waals surface area contributed by atoms with Gasteiger partial charge < -0.3 is 20.5 Å². The SMILES string of the molecule is CC(C)C(C)(O)C#Cc1cccc(COc2cc(-c3cnc(C4CCN(C)CC4)s3)cnc2N)c1. The van der Waals surface area contributed by atoms with Crippen molar-refractivity contribution in [1.29, 1.82) is 0 Å². The van der Waals surface area contributed by atoms with Crippen molar-refractivity contribution in [3.63, 3.8) is 0 Å². The highest BCUT2D eigenvalue weighted by Gasteiger charge is 2.22. The summed E-state index contributed by atoms with van der Waals surface area (Å²) >= 11 is 1.73. The third-order valence-electron chi connectivity index (χ3n) is 6.66. The number of aliphatic hydroxyl groups is 1. The standard InChI is InChI=1S/C28H34N4O2S/c1-19(2)28(3,33)11-8-20-6-5-7-21(14-20)18-34-24-15-23(16-30-26(24)29)25-17-31-27(35-25)22-9-12-32(4)13-10-22/h5-7,14-17,19,22,33H,9-10,12-13,18H2,1-4H3,(H2,29,30). The Kier molecular flexibility index (Phi) is 7.75. The second kappa shape index (κ2) is 10.8. The second-order valence-electron chi connectivity index (χ2n) is 9.79. The van der Waals surface area contributed by atoms with Crippen LogP contribution in [0.4, 0.5) is 5.82 Å². The highest BCUT2D eigenvalue weighted by molar-refractivity contribution is 7.15. The van der Waals surface area contributed by atoms with Crippen molar-refractivity contribution in [2.75, 3.05) is 25.9 Å². The maximum absolute atomic E-state index is 10.4. The lowest BCUT2D eigenvalue weighted by Gasteiger charge is -2.27. The van der Waals surface area contributed by atoms with Gasteiger partial charge in [0.15, 0.2) is 11.6 Å². The molecule has 0 aliphatic carbocycles. The van der Waals surface area contributed by atoms with Crippen molar-refractivity contribution in [2.24, 2.45) is 5.92 Å². The molecule has 35 heavy (non-hydrogen) atoms. The predicted octanol–water partition coefficient (Wildman–Crippen LogP) is 4.93. The molecule has 184 valence electrons. The van der Waals surface area contributed by atoms with Crippen molar-refractivity contribution in [2.45, 2.75) is 51.7 Å². The van der Waals surface area contributed by atoms with Crippen molar-refractivity contribution < 1.29 is 9.84 Å². The Morgan fingerprint density at radius 2 is 2.00 bits per heavy atom. The number of nitrogens with zero attached hydrogens (tertiary/aromatic N) is 3. The number of likely N-dealkylation sites (tertiary alicyclic amines) is 1. The largest absolute Gasteiger partial charge is 0.485 e. The monoisotopic (exact) mass is 490 g/mol. The number of piperidine rings is 1. The topological polar surface area (TPSA) is 84.5 Å². The number of nitrogens with two attached hydrogens (primary N) is 1. The smallest absolute Gasteiger partial charge is 0.166 e. The minimum Gasteiger partial charge on any atom is -0.485 e. The third kappa shape index (κ3) is 6.40. The van der Waals surface area contributed by atoms with Crippen LogP contribution < -0.4 is 10.5 Å². The molecule has 6 nitrogen and oxygen atoms in total. The fourth-order valence-electron chi connectivity index (χ4n) is 3.81. The molecular weight excluding hydrogens is 456 g/mol. The minimum absolute atomic E-state index is 0.0447. The molecule has 3 N–H and O–H groups in total. The molecule has 4 rings (SSSR count). The molecule has 0 radical (unpaired) electrons. The predicted molar refractivity (Wildman–Crippen MR) is 142 cm³/mol. The molecule has 7 heteroatoms. The number of hydrogen-bond donors (Lipinski definition) is 2. The lowest BCUT2D eigenvalue weighted by atomic mass is 9.93. The molecule has 3 heterocycles. The molecule has 1 aromatic carbocycles. The quantitative estimate of drug-likeness (QED) is 0.477. The number of ether oxygens (including phenoxy) is 1. The molecule has 1 atom stereocenters. The van der Waals surface area contributed by atoms with Crippen molar-refractivity contribution in [3.05, 3.63) is 58.9 Å². The summed E-state index contributed by atoms with van der Waals surface area (Å²) in [7, 11) is 2.17. The molecule has 0 saturated carbocycles. The van der Waals surface area contributed by atoms with Gasteiger partial charge in [0.25, 0.3) is 0 Å². The van der Waals surface area contributed by atoms with Crippen molar-refractivity contribution in [3.8, 4) is 28.0 Å². The molecule has 3 aromatic rings. The van der Waals surface area contributed by atoms with Gasteiger partial charge in [-0.15, -0.1) is 11.3 Å². The maximum Gasteiger partial charge on any atom is 0.166 e. The third-order valence-corrected chi connectivity index (χ3v) is 7.87. The van der Waals surface area contributed by atoms with E-state index in [1.54, 1.807) is 24.5 Å². The Labute approximate surface area is 212 Å². The molecule has 1 aliphatic rings. The van der Waals surface area contributed by atoms with Crippen molar-refractivity contribution in [1.82, 2.24) is 14.9 Å². The molecule has 0 amide bonds. The molecule has 0 spiro atoms. The van der Waals surface area contributed by atoms with Crippen LogP contribution in [0.5, 0.6) is 5.75 Å². The van der Waals surface area contributed by atoms with E-state index in [4.69, 9.17) is 15.5 Å². The zero-order valence-corrected chi connectivity index (χ0v) is 21.7. The molecular formula is C28H34N4O2S. The second-order valence-corrected chi connectivity index (χ2v) is 10.9. The summed E-state index contributed by atoms with van der Waals surface area (Å²) in [4.78, 5) is 12.5. The van der Waals surface area contributed by atoms with Gasteiger partial charge in [-0.2, -0.15) is 0 Å². The number of nitrogen functional groups attached to an aromatic ring is 1. The minimum atomic E-state index is -1.03. The van der Waals surface area contributed by atoms with Crippen LogP contribution in [0, 0.1) is 17.8 Å². The van der Waals surface area contributed by atoms with E-state index in [1.807, 2.05) is 50.4 Å². The normalized spacial score (nSPS) is 16.5. The van der Waals surface area contributed by atoms with Gasteiger partial charge in [-0.1, -0.05) is 37.8 Å². The Bertz CT molecular complexity index is 1220. The molecule has 0 bridgehead atoms. The van der Waals surface area contributed by atoms with Crippen LogP contribution in [-0.2, 0) is 6.61 Å². The summed E-state index contributed by atoms with van der Waals surface area (Å²) in [5.74, 6) is 7.53. The zero-order chi connectivity index (χ0) is 25.0. The van der Waals surface area contributed by atoms with Crippen LogP contribution in [0.25, 0.3) is 10.4 Å². The van der Waals surface area contributed by atoms with E-state index in [-0.39, 0.29) is 5.92 Å². The van der Waals surface area contributed by atoms with E-state index in [1.165, 1.54) is 5.01 Å². The van der Waals surface area contributed by atoms with Gasteiger partial charge in [-0.25, -0.2) is 9.97 Å². The first-order valence-electron chi connectivity index (χ1n) is 12.1. The van der Waals surface area contributed by atoms with Crippen LogP contribution in [0.1, 0.15) is 55.7 Å². The lowest BCUT2D eigenvalue weighted by Crippen LogP contribution is -2.29. The number of hydrogen-bond acceptors (Lipinski definition) is 7. The van der Waals surface area contributed by atoms with Gasteiger partial charge in [-0.05, 0) is 69.6 Å². The van der Waals surface area contributed by atoms with Gasteiger partial charge in [0.2, 0.25) is 0 Å². The number of benzene rings is 1. The Balaban J connectivity index is 1.45. The zero-order valence-electron chi connectivity index (χ0n) is 20.9. The molecule has 1 aliphatic heterocycles. The van der Waals surface area contributed by atoms with Crippen LogP contribution in [-0.4, -0.2) is 45.7 Å². The van der Waals surface area contributed by atoms with E-state index in [0.717, 1.165) is 47.5 Å². The summed E-state index contributed by atoms with van der Waals surface area (Å²) < 4.78 is 6.05. The highest BCUT2D eigenvalue weighted by atomic mass is 32.1. The van der Waals surface area contributed by atoms with Crippen LogP contribution in [0.2, 0.25) is 0 Å². The average Bonchev–Trinajstić information content (AvgIpc) is 3.33. The number of aromatic nitrogens is 2. The average molecular weight is 491 g/mol. The molecule has 1 fully saturated rings. The number of anilines is 1. The maximum atomic E-state index is 10.4. The first-order valence-corrected chi connectivity index (χ1v) is 12.9. The van der Waals surface area contributed by atoms with Gasteiger partial charge in [0.05, 0.1) is 9.88 Å². The summed E-state index contributed by atoms with van der Waals surface area (Å²) in [5, 5.41) is 11.6. The van der Waals surface area contributed by atoms with Gasteiger partial charge in [0, 0.05) is 29.4 Å².